The topological polar surface area (TPSA) is 170 Å². The van der Waals surface area contributed by atoms with E-state index in [0.29, 0.717) is 13.2 Å². The second-order valence-electron chi connectivity index (χ2n) is 6.63. The highest BCUT2D eigenvalue weighted by molar-refractivity contribution is 7.90. The molecule has 2 rings (SSSR count). The molecule has 12 nitrogen and oxygen atoms in total. The summed E-state index contributed by atoms with van der Waals surface area (Å²) in [5, 5.41) is 4.91. The molecule has 2 aromatic rings. The first-order chi connectivity index (χ1) is 16.2. The van der Waals surface area contributed by atoms with Gasteiger partial charge in [-0.2, -0.15) is 0 Å². The van der Waals surface area contributed by atoms with Crippen LogP contribution in [0.3, 0.4) is 0 Å². The molecule has 34 heavy (non-hydrogen) atoms. The minimum atomic E-state index is -4.23. The predicted molar refractivity (Wildman–Crippen MR) is 119 cm³/mol. The zero-order valence-corrected chi connectivity index (χ0v) is 19.3. The van der Waals surface area contributed by atoms with Gasteiger partial charge in [-0.25, -0.2) is 13.1 Å². The van der Waals surface area contributed by atoms with Gasteiger partial charge in [0.2, 0.25) is 0 Å². The second-order valence-corrected chi connectivity index (χ2v) is 8.31. The largest absolute Gasteiger partial charge is 0.465 e. The number of amides is 3. The van der Waals surface area contributed by atoms with E-state index in [2.05, 4.69) is 15.6 Å². The van der Waals surface area contributed by atoms with E-state index < -0.39 is 33.7 Å². The lowest BCUT2D eigenvalue weighted by atomic mass is 10.2. The molecule has 0 radical (unpaired) electrons. The van der Waals surface area contributed by atoms with Gasteiger partial charge < -0.3 is 20.1 Å². The van der Waals surface area contributed by atoms with Gasteiger partial charge in [0, 0.05) is 25.4 Å². The second kappa shape index (κ2) is 12.4. The number of ether oxygens (including phenoxy) is 2. The van der Waals surface area contributed by atoms with E-state index >= 15 is 0 Å². The number of aromatic nitrogens is 1. The zero-order valence-electron chi connectivity index (χ0n) is 18.5. The summed E-state index contributed by atoms with van der Waals surface area (Å²) in [6, 6.07) is 7.43. The van der Waals surface area contributed by atoms with E-state index in [1.165, 1.54) is 43.5 Å². The molecule has 0 unspecified atom stereocenters. The fourth-order valence-electron chi connectivity index (χ4n) is 2.51. The third kappa shape index (κ3) is 7.64. The Kier molecular flexibility index (Phi) is 9.64. The van der Waals surface area contributed by atoms with Gasteiger partial charge in [0.15, 0.2) is 0 Å². The number of methoxy groups -OCH3 is 1. The van der Waals surface area contributed by atoms with Crippen LogP contribution < -0.4 is 15.4 Å². The van der Waals surface area contributed by atoms with Gasteiger partial charge in [-0.3, -0.25) is 24.2 Å². The predicted octanol–water partition coefficient (Wildman–Crippen LogP) is -0.131. The van der Waals surface area contributed by atoms with Crippen molar-refractivity contribution in [2.24, 2.45) is 0 Å². The van der Waals surface area contributed by atoms with Gasteiger partial charge in [0.25, 0.3) is 27.7 Å². The first-order valence-electron chi connectivity index (χ1n) is 10.0. The minimum absolute atomic E-state index is 0.0805. The molecule has 1 aromatic carbocycles. The SMILES string of the molecule is CCOC(=O)CNC(=O)c1ccc(C(=O)NS(=O)(=O)c2ccc(C(=O)NCCOC)cc2)cn1. The van der Waals surface area contributed by atoms with Crippen LogP contribution in [0.2, 0.25) is 0 Å². The molecule has 0 saturated heterocycles. The lowest BCUT2D eigenvalue weighted by molar-refractivity contribution is -0.141. The molecule has 0 aliphatic rings. The highest BCUT2D eigenvalue weighted by Crippen LogP contribution is 2.12. The molecule has 0 aliphatic heterocycles. The summed E-state index contributed by atoms with van der Waals surface area (Å²) >= 11 is 0. The van der Waals surface area contributed by atoms with Gasteiger partial charge in [0.1, 0.15) is 12.2 Å². The van der Waals surface area contributed by atoms with Crippen LogP contribution in [0.25, 0.3) is 0 Å². The lowest BCUT2D eigenvalue weighted by Crippen LogP contribution is -2.32. The Morgan fingerprint density at radius 2 is 1.59 bits per heavy atom. The summed E-state index contributed by atoms with van der Waals surface area (Å²) in [5.41, 5.74) is 0.0464. The number of hydrogen-bond donors (Lipinski definition) is 3. The highest BCUT2D eigenvalue weighted by atomic mass is 32.2. The normalized spacial score (nSPS) is 10.8. The molecule has 0 aliphatic carbocycles. The Balaban J connectivity index is 1.99. The number of carbonyl (C=O) groups excluding carboxylic acids is 4. The van der Waals surface area contributed by atoms with Gasteiger partial charge in [0.05, 0.1) is 23.7 Å². The number of hydrogen-bond acceptors (Lipinski definition) is 9. The summed E-state index contributed by atoms with van der Waals surface area (Å²) in [7, 11) is -2.73. The van der Waals surface area contributed by atoms with Crippen molar-refractivity contribution in [2.75, 3.05) is 33.4 Å². The van der Waals surface area contributed by atoms with E-state index in [-0.39, 0.29) is 34.9 Å². The fourth-order valence-corrected chi connectivity index (χ4v) is 3.49. The molecule has 13 heteroatoms. The summed E-state index contributed by atoms with van der Waals surface area (Å²) in [6.07, 6.45) is 1.03. The molecule has 0 fully saturated rings. The Labute approximate surface area is 196 Å². The van der Waals surface area contributed by atoms with Crippen LogP contribution in [0.1, 0.15) is 38.1 Å². The van der Waals surface area contributed by atoms with Gasteiger partial charge >= 0.3 is 5.97 Å². The van der Waals surface area contributed by atoms with Gasteiger partial charge in [-0.15, -0.1) is 0 Å². The zero-order chi connectivity index (χ0) is 25.1. The van der Waals surface area contributed by atoms with Crippen molar-refractivity contribution in [3.8, 4) is 0 Å². The minimum Gasteiger partial charge on any atom is -0.465 e. The van der Waals surface area contributed by atoms with Crippen molar-refractivity contribution in [3.63, 3.8) is 0 Å². The standard InChI is InChI=1S/C21H24N4O8S/c1-3-33-18(26)13-24-21(29)17-9-6-15(12-23-17)20(28)25-34(30,31)16-7-4-14(5-8-16)19(27)22-10-11-32-2/h4-9,12H,3,10-11,13H2,1-2H3,(H,22,27)(H,24,29)(H,25,28). The Morgan fingerprint density at radius 3 is 2.18 bits per heavy atom. The van der Waals surface area contributed by atoms with Crippen LogP contribution in [-0.2, 0) is 24.3 Å². The van der Waals surface area contributed by atoms with E-state index in [1.807, 2.05) is 4.72 Å². The molecule has 0 saturated carbocycles. The molecule has 1 heterocycles. The lowest BCUT2D eigenvalue weighted by Gasteiger charge is -2.09. The number of rotatable bonds is 11. The number of nitrogens with zero attached hydrogens (tertiary/aromatic N) is 1. The van der Waals surface area contributed by atoms with Crippen molar-refractivity contribution in [2.45, 2.75) is 11.8 Å². The molecule has 0 bridgehead atoms. The summed E-state index contributed by atoms with van der Waals surface area (Å²) in [6.45, 7) is 2.09. The quantitative estimate of drug-likeness (QED) is 0.286. The molecule has 3 N–H and O–H groups in total. The molecule has 182 valence electrons. The maximum Gasteiger partial charge on any atom is 0.325 e. The Morgan fingerprint density at radius 1 is 0.912 bits per heavy atom. The molecule has 1 aromatic heterocycles. The number of nitrogens with one attached hydrogen (secondary N) is 3. The van der Waals surface area contributed by atoms with E-state index in [0.717, 1.165) is 6.20 Å². The van der Waals surface area contributed by atoms with E-state index in [4.69, 9.17) is 9.47 Å². The van der Waals surface area contributed by atoms with Gasteiger partial charge in [-0.1, -0.05) is 0 Å². The van der Waals surface area contributed by atoms with E-state index in [9.17, 15) is 27.6 Å². The van der Waals surface area contributed by atoms with Crippen LogP contribution in [0.5, 0.6) is 0 Å². The molecular weight excluding hydrogens is 468 g/mol. The van der Waals surface area contributed by atoms with Crippen LogP contribution in [0, 0.1) is 0 Å². The third-order valence-corrected chi connectivity index (χ3v) is 5.55. The number of carbonyl (C=O) groups is 4. The third-order valence-electron chi connectivity index (χ3n) is 4.20. The Bertz CT molecular complexity index is 1130. The van der Waals surface area contributed by atoms with Gasteiger partial charge in [-0.05, 0) is 43.3 Å². The monoisotopic (exact) mass is 492 g/mol. The smallest absolute Gasteiger partial charge is 0.325 e. The summed E-state index contributed by atoms with van der Waals surface area (Å²) in [4.78, 5) is 51.2. The number of pyridine rings is 1. The van der Waals surface area contributed by atoms with Crippen LogP contribution in [0.15, 0.2) is 47.5 Å². The summed E-state index contributed by atoms with van der Waals surface area (Å²) < 4.78 is 36.4. The van der Waals surface area contributed by atoms with Crippen molar-refractivity contribution < 1.29 is 37.1 Å². The molecule has 0 atom stereocenters. The summed E-state index contributed by atoms with van der Waals surface area (Å²) in [5.74, 6) is -2.65. The molecular formula is C21H24N4O8S. The van der Waals surface area contributed by atoms with E-state index in [1.54, 1.807) is 6.92 Å². The highest BCUT2D eigenvalue weighted by Gasteiger charge is 2.20. The average Bonchev–Trinajstić information content (AvgIpc) is 2.82. The molecule has 3 amide bonds. The Hall–Kier alpha value is -3.84. The number of sulfonamides is 1. The van der Waals surface area contributed by atoms with Crippen molar-refractivity contribution in [3.05, 3.63) is 59.4 Å². The van der Waals surface area contributed by atoms with Crippen molar-refractivity contribution in [1.82, 2.24) is 20.3 Å². The maximum atomic E-state index is 12.5. The van der Waals surface area contributed by atoms with Crippen molar-refractivity contribution in [1.29, 1.82) is 0 Å². The van der Waals surface area contributed by atoms with Crippen molar-refractivity contribution >= 4 is 33.7 Å². The number of esters is 1. The van der Waals surface area contributed by atoms with Crippen LogP contribution >= 0.6 is 0 Å². The van der Waals surface area contributed by atoms with Crippen LogP contribution in [0.4, 0.5) is 0 Å². The average molecular weight is 493 g/mol. The number of benzene rings is 1. The molecule has 0 spiro atoms. The maximum absolute atomic E-state index is 12.5. The first kappa shape index (κ1) is 26.4. The fraction of sp³-hybridized carbons (Fsp3) is 0.286. The van der Waals surface area contributed by atoms with Crippen LogP contribution in [-0.4, -0.2) is 70.5 Å². The first-order valence-corrected chi connectivity index (χ1v) is 11.5.